The molecule has 0 aliphatic carbocycles. The quantitative estimate of drug-likeness (QED) is 0.456. The fourth-order valence-corrected chi connectivity index (χ4v) is 1.09. The average Bonchev–Trinajstić information content (AvgIpc) is 2.03. The lowest BCUT2D eigenvalue weighted by Gasteiger charge is -2.25. The molecule has 4 N–H and O–H groups in total. The van der Waals surface area contributed by atoms with Crippen LogP contribution in [-0.4, -0.2) is 44.6 Å². The maximum atomic E-state index is 10.7. The lowest BCUT2D eigenvalue weighted by molar-refractivity contribution is -0.172. The number of aliphatic hydroxyl groups is 2. The Kier molecular flexibility index (Phi) is 4.52. The molecule has 0 saturated carbocycles. The first kappa shape index (κ1) is 12.9. The van der Waals surface area contributed by atoms with E-state index in [9.17, 15) is 14.7 Å². The van der Waals surface area contributed by atoms with Gasteiger partial charge in [0.2, 0.25) is 0 Å². The number of carboxylic acid groups (broad SMARTS) is 2. The van der Waals surface area contributed by atoms with Gasteiger partial charge in [-0.05, 0) is 19.8 Å². The van der Waals surface area contributed by atoms with Crippen molar-refractivity contribution in [3.05, 3.63) is 0 Å². The number of rotatable bonds is 6. The molecule has 2 unspecified atom stereocenters. The number of aliphatic hydroxyl groups excluding tert-OH is 1. The number of aliphatic carboxylic acids is 2. The van der Waals surface area contributed by atoms with E-state index < -0.39 is 23.5 Å². The van der Waals surface area contributed by atoms with E-state index in [0.717, 1.165) is 6.92 Å². The summed E-state index contributed by atoms with van der Waals surface area (Å²) >= 11 is 0. The molecule has 0 spiro atoms. The van der Waals surface area contributed by atoms with Gasteiger partial charge in [0.25, 0.3) is 0 Å². The highest BCUT2D eigenvalue weighted by Gasteiger charge is 2.43. The zero-order chi connectivity index (χ0) is 11.4. The number of carboxylic acids is 2. The van der Waals surface area contributed by atoms with Crippen LogP contribution >= 0.6 is 0 Å². The summed E-state index contributed by atoms with van der Waals surface area (Å²) in [5.74, 6) is -4.37. The molecule has 0 bridgehead atoms. The van der Waals surface area contributed by atoms with Crippen molar-refractivity contribution in [2.24, 2.45) is 5.92 Å². The molecule has 6 heteroatoms. The highest BCUT2D eigenvalue weighted by atomic mass is 16.4. The monoisotopic (exact) mass is 206 g/mol. The Bertz CT molecular complexity index is 222. The Hall–Kier alpha value is -1.14. The van der Waals surface area contributed by atoms with Crippen LogP contribution in [0.4, 0.5) is 0 Å². The van der Waals surface area contributed by atoms with Gasteiger partial charge in [0.1, 0.15) is 0 Å². The second-order valence-electron chi connectivity index (χ2n) is 3.21. The summed E-state index contributed by atoms with van der Waals surface area (Å²) in [6.07, 6.45) is 0.0610. The number of hydrogen-bond acceptors (Lipinski definition) is 4. The summed E-state index contributed by atoms with van der Waals surface area (Å²) in [5, 5.41) is 35.1. The molecule has 82 valence electrons. The minimum absolute atomic E-state index is 0.0782. The van der Waals surface area contributed by atoms with Crippen LogP contribution in [0.2, 0.25) is 0 Å². The summed E-state index contributed by atoms with van der Waals surface area (Å²) in [6, 6.07) is 0. The van der Waals surface area contributed by atoms with E-state index in [1.807, 2.05) is 0 Å². The second kappa shape index (κ2) is 4.92. The minimum atomic E-state index is -2.30. The van der Waals surface area contributed by atoms with Gasteiger partial charge < -0.3 is 20.4 Å². The Morgan fingerprint density at radius 2 is 1.86 bits per heavy atom. The highest BCUT2D eigenvalue weighted by molar-refractivity contribution is 5.85. The van der Waals surface area contributed by atoms with Gasteiger partial charge in [-0.1, -0.05) is 0 Å². The molecule has 0 fully saturated rings. The molecule has 2 atom stereocenters. The van der Waals surface area contributed by atoms with Gasteiger partial charge in [-0.2, -0.15) is 0 Å². The zero-order valence-electron chi connectivity index (χ0n) is 7.80. The van der Waals surface area contributed by atoms with Crippen molar-refractivity contribution in [3.8, 4) is 0 Å². The van der Waals surface area contributed by atoms with E-state index in [-0.39, 0.29) is 19.4 Å². The van der Waals surface area contributed by atoms with Crippen molar-refractivity contribution in [2.75, 3.05) is 6.61 Å². The average molecular weight is 206 g/mol. The zero-order valence-corrected chi connectivity index (χ0v) is 7.80. The molecule has 0 radical (unpaired) electrons. The fourth-order valence-electron chi connectivity index (χ4n) is 1.09. The summed E-state index contributed by atoms with van der Waals surface area (Å²) in [4.78, 5) is 21.2. The third-order valence-electron chi connectivity index (χ3n) is 2.06. The van der Waals surface area contributed by atoms with Crippen LogP contribution in [-0.2, 0) is 9.59 Å². The molecular formula is C8H14O6. The van der Waals surface area contributed by atoms with E-state index in [0.29, 0.717) is 0 Å². The van der Waals surface area contributed by atoms with Crippen molar-refractivity contribution in [1.29, 1.82) is 0 Å². The van der Waals surface area contributed by atoms with Crippen LogP contribution in [0.15, 0.2) is 0 Å². The van der Waals surface area contributed by atoms with Crippen molar-refractivity contribution in [3.63, 3.8) is 0 Å². The SMILES string of the molecule is CC(O)(C(=O)O)C(CCCO)C(=O)O. The lowest BCUT2D eigenvalue weighted by atomic mass is 9.85. The van der Waals surface area contributed by atoms with Crippen molar-refractivity contribution in [1.82, 2.24) is 0 Å². The predicted octanol–water partition coefficient (Wildman–Crippen LogP) is -0.705. The summed E-state index contributed by atoms with van der Waals surface area (Å²) in [7, 11) is 0. The molecule has 0 aromatic heterocycles. The van der Waals surface area contributed by atoms with Crippen molar-refractivity contribution in [2.45, 2.75) is 25.4 Å². The van der Waals surface area contributed by atoms with E-state index in [1.165, 1.54) is 0 Å². The molecule has 0 aliphatic rings. The largest absolute Gasteiger partial charge is 0.481 e. The minimum Gasteiger partial charge on any atom is -0.481 e. The van der Waals surface area contributed by atoms with E-state index in [1.54, 1.807) is 0 Å². The standard InChI is InChI=1S/C8H14O6/c1-8(14,7(12)13)5(6(10)11)3-2-4-9/h5,9,14H,2-4H2,1H3,(H,10,11)(H,12,13). The Morgan fingerprint density at radius 1 is 1.36 bits per heavy atom. The summed E-state index contributed by atoms with van der Waals surface area (Å²) < 4.78 is 0. The van der Waals surface area contributed by atoms with Crippen LogP contribution in [0.5, 0.6) is 0 Å². The molecular weight excluding hydrogens is 192 g/mol. The Morgan fingerprint density at radius 3 is 2.14 bits per heavy atom. The van der Waals surface area contributed by atoms with Crippen molar-refractivity contribution < 1.29 is 30.0 Å². The summed E-state index contributed by atoms with van der Waals surface area (Å²) in [5.41, 5.74) is -2.30. The Balaban J connectivity index is 4.64. The Labute approximate surface area is 80.8 Å². The number of hydrogen-bond donors (Lipinski definition) is 4. The molecule has 0 saturated heterocycles. The molecule has 0 aromatic rings. The molecule has 14 heavy (non-hydrogen) atoms. The van der Waals surface area contributed by atoms with Crippen LogP contribution < -0.4 is 0 Å². The first-order valence-corrected chi connectivity index (χ1v) is 4.13. The maximum absolute atomic E-state index is 10.7. The topological polar surface area (TPSA) is 115 Å². The molecule has 6 nitrogen and oxygen atoms in total. The second-order valence-corrected chi connectivity index (χ2v) is 3.21. The molecule has 0 amide bonds. The van der Waals surface area contributed by atoms with Gasteiger partial charge >= 0.3 is 11.9 Å². The third kappa shape index (κ3) is 2.97. The van der Waals surface area contributed by atoms with E-state index in [2.05, 4.69) is 0 Å². The first-order valence-electron chi connectivity index (χ1n) is 4.13. The van der Waals surface area contributed by atoms with Crippen molar-refractivity contribution >= 4 is 11.9 Å². The van der Waals surface area contributed by atoms with E-state index >= 15 is 0 Å². The van der Waals surface area contributed by atoms with Gasteiger partial charge in [0, 0.05) is 6.61 Å². The van der Waals surface area contributed by atoms with Gasteiger partial charge in [-0.15, -0.1) is 0 Å². The number of carbonyl (C=O) groups is 2. The third-order valence-corrected chi connectivity index (χ3v) is 2.06. The molecule has 0 rings (SSSR count). The summed E-state index contributed by atoms with van der Waals surface area (Å²) in [6.45, 7) is 0.699. The lowest BCUT2D eigenvalue weighted by Crippen LogP contribution is -2.46. The van der Waals surface area contributed by atoms with Gasteiger partial charge in [0.05, 0.1) is 5.92 Å². The van der Waals surface area contributed by atoms with Crippen LogP contribution in [0.3, 0.4) is 0 Å². The van der Waals surface area contributed by atoms with Crippen LogP contribution in [0.25, 0.3) is 0 Å². The van der Waals surface area contributed by atoms with Gasteiger partial charge in [0.15, 0.2) is 5.60 Å². The predicted molar refractivity (Wildman–Crippen MR) is 45.7 cm³/mol. The van der Waals surface area contributed by atoms with Gasteiger partial charge in [-0.25, -0.2) is 4.79 Å². The highest BCUT2D eigenvalue weighted by Crippen LogP contribution is 2.22. The molecule has 0 heterocycles. The maximum Gasteiger partial charge on any atom is 0.336 e. The smallest absolute Gasteiger partial charge is 0.336 e. The molecule has 0 aromatic carbocycles. The van der Waals surface area contributed by atoms with E-state index in [4.69, 9.17) is 15.3 Å². The van der Waals surface area contributed by atoms with Crippen LogP contribution in [0.1, 0.15) is 19.8 Å². The molecule has 0 aliphatic heterocycles. The fraction of sp³-hybridized carbons (Fsp3) is 0.750. The normalized spacial score (nSPS) is 17.1. The van der Waals surface area contributed by atoms with Gasteiger partial charge in [-0.3, -0.25) is 4.79 Å². The first-order chi connectivity index (χ1) is 6.34. The van der Waals surface area contributed by atoms with Crippen LogP contribution in [0, 0.1) is 5.92 Å².